The van der Waals surface area contributed by atoms with E-state index in [4.69, 9.17) is 0 Å². The number of rotatable bonds is 4. The zero-order chi connectivity index (χ0) is 13.3. The first-order valence-electron chi connectivity index (χ1n) is 5.97. The van der Waals surface area contributed by atoms with E-state index < -0.39 is 0 Å². The Morgan fingerprint density at radius 2 is 2.17 bits per heavy atom. The van der Waals surface area contributed by atoms with Crippen molar-refractivity contribution in [3.63, 3.8) is 0 Å². The van der Waals surface area contributed by atoms with Gasteiger partial charge in [-0.25, -0.2) is 4.98 Å². The van der Waals surface area contributed by atoms with Crippen LogP contribution in [-0.2, 0) is 13.6 Å². The monoisotopic (exact) mass is 312 g/mol. The molecule has 18 heavy (non-hydrogen) atoms. The van der Waals surface area contributed by atoms with Gasteiger partial charge in [-0.2, -0.15) is 5.10 Å². The lowest BCUT2D eigenvalue weighted by Gasteiger charge is -2.18. The number of fused-ring (bicyclic) bond motifs is 1. The molecule has 0 aromatic carbocycles. The van der Waals surface area contributed by atoms with E-state index in [-0.39, 0.29) is 5.56 Å². The molecule has 0 fully saturated rings. The summed E-state index contributed by atoms with van der Waals surface area (Å²) in [4.78, 5) is 16.6. The molecule has 2 aromatic rings. The highest BCUT2D eigenvalue weighted by atomic mass is 79.9. The lowest BCUT2D eigenvalue weighted by Crippen LogP contribution is -2.27. The normalized spacial score (nSPS) is 13.4. The van der Waals surface area contributed by atoms with Gasteiger partial charge in [0.05, 0.1) is 12.5 Å². The molecular weight excluding hydrogens is 296 g/mol. The lowest BCUT2D eigenvalue weighted by atomic mass is 9.98. The maximum absolute atomic E-state index is 12.3. The third kappa shape index (κ3) is 2.34. The number of nitrogens with zero attached hydrogens (tertiary/aromatic N) is 4. The van der Waals surface area contributed by atoms with Crippen LogP contribution >= 0.6 is 15.9 Å². The molecule has 2 heterocycles. The van der Waals surface area contributed by atoms with E-state index >= 15 is 0 Å². The lowest BCUT2D eigenvalue weighted by molar-refractivity contribution is 0.368. The molecule has 1 unspecified atom stereocenters. The molecule has 0 N–H and O–H groups in total. The van der Waals surface area contributed by atoms with Crippen molar-refractivity contribution in [3.05, 3.63) is 22.9 Å². The van der Waals surface area contributed by atoms with Crippen molar-refractivity contribution in [2.45, 2.75) is 20.4 Å². The Labute approximate surface area is 114 Å². The number of halogens is 1. The number of aryl methyl sites for hydroxylation is 1. The van der Waals surface area contributed by atoms with Crippen LogP contribution in [0.3, 0.4) is 0 Å². The molecule has 98 valence electrons. The van der Waals surface area contributed by atoms with Gasteiger partial charge in [-0.1, -0.05) is 29.8 Å². The molecule has 0 radical (unpaired) electrons. The minimum Gasteiger partial charge on any atom is -0.298 e. The van der Waals surface area contributed by atoms with Crippen LogP contribution in [0.15, 0.2) is 17.3 Å². The number of hydrogen-bond acceptors (Lipinski definition) is 3. The summed E-state index contributed by atoms with van der Waals surface area (Å²) < 4.78 is 3.29. The van der Waals surface area contributed by atoms with Gasteiger partial charge in [-0.05, 0) is 11.8 Å². The summed E-state index contributed by atoms with van der Waals surface area (Å²) in [6.45, 7) is 5.00. The maximum atomic E-state index is 12.3. The third-order valence-corrected chi connectivity index (χ3v) is 4.12. The van der Waals surface area contributed by atoms with Crippen molar-refractivity contribution in [3.8, 4) is 0 Å². The van der Waals surface area contributed by atoms with E-state index in [1.54, 1.807) is 28.8 Å². The Hall–Kier alpha value is -1.17. The molecule has 1 atom stereocenters. The fourth-order valence-corrected chi connectivity index (χ4v) is 2.84. The Balaban J connectivity index is 2.40. The standard InChI is InChI=1S/C12H17BrN4O/c1-8(2)9(4-13)6-17-7-14-11-10(12(17)18)5-15-16(11)3/h5,7-9H,4,6H2,1-3H3. The highest BCUT2D eigenvalue weighted by molar-refractivity contribution is 9.09. The minimum absolute atomic E-state index is 0.0142. The molecule has 0 bridgehead atoms. The van der Waals surface area contributed by atoms with Gasteiger partial charge in [0.2, 0.25) is 0 Å². The smallest absolute Gasteiger partial charge is 0.264 e. The maximum Gasteiger partial charge on any atom is 0.264 e. The zero-order valence-electron chi connectivity index (χ0n) is 10.8. The first-order valence-corrected chi connectivity index (χ1v) is 7.09. The van der Waals surface area contributed by atoms with E-state index in [0.717, 1.165) is 5.33 Å². The molecule has 0 saturated carbocycles. The third-order valence-electron chi connectivity index (χ3n) is 3.29. The van der Waals surface area contributed by atoms with Crippen molar-refractivity contribution >= 4 is 27.0 Å². The summed E-state index contributed by atoms with van der Waals surface area (Å²) in [5, 5.41) is 5.52. The average molecular weight is 313 g/mol. The van der Waals surface area contributed by atoms with Crippen LogP contribution in [-0.4, -0.2) is 24.7 Å². The van der Waals surface area contributed by atoms with Gasteiger partial charge in [0.15, 0.2) is 5.65 Å². The van der Waals surface area contributed by atoms with Gasteiger partial charge in [0, 0.05) is 18.9 Å². The number of aromatic nitrogens is 4. The average Bonchev–Trinajstić information content (AvgIpc) is 2.71. The molecule has 0 aliphatic carbocycles. The summed E-state index contributed by atoms with van der Waals surface area (Å²) in [7, 11) is 1.79. The highest BCUT2D eigenvalue weighted by Gasteiger charge is 2.15. The second-order valence-electron chi connectivity index (χ2n) is 4.87. The summed E-state index contributed by atoms with van der Waals surface area (Å²) in [5.41, 5.74) is 0.621. The van der Waals surface area contributed by atoms with Crippen LogP contribution in [0, 0.1) is 11.8 Å². The Morgan fingerprint density at radius 3 is 2.78 bits per heavy atom. The predicted octanol–water partition coefficient (Wildman–Crippen LogP) is 1.80. The molecule has 2 rings (SSSR count). The first kappa shape index (κ1) is 13.3. The second-order valence-corrected chi connectivity index (χ2v) is 5.51. The molecular formula is C12H17BrN4O. The summed E-state index contributed by atoms with van der Waals surface area (Å²) >= 11 is 3.50. The summed E-state index contributed by atoms with van der Waals surface area (Å²) in [5.74, 6) is 0.930. The van der Waals surface area contributed by atoms with Gasteiger partial charge in [0.1, 0.15) is 5.39 Å². The van der Waals surface area contributed by atoms with Crippen molar-refractivity contribution in [1.82, 2.24) is 19.3 Å². The predicted molar refractivity (Wildman–Crippen MR) is 74.9 cm³/mol. The largest absolute Gasteiger partial charge is 0.298 e. The van der Waals surface area contributed by atoms with Crippen molar-refractivity contribution < 1.29 is 0 Å². The van der Waals surface area contributed by atoms with Crippen molar-refractivity contribution in [2.24, 2.45) is 18.9 Å². The molecule has 0 saturated heterocycles. The SMILES string of the molecule is CC(C)C(CBr)Cn1cnc2c(cnn2C)c1=O. The van der Waals surface area contributed by atoms with Crippen LogP contribution in [0.1, 0.15) is 13.8 Å². The Bertz CT molecular complexity index is 602. The second kappa shape index (κ2) is 5.22. The van der Waals surface area contributed by atoms with Crippen LogP contribution in [0.5, 0.6) is 0 Å². The minimum atomic E-state index is -0.0142. The van der Waals surface area contributed by atoms with Gasteiger partial charge < -0.3 is 0 Å². The van der Waals surface area contributed by atoms with Crippen LogP contribution in [0.2, 0.25) is 0 Å². The molecule has 0 aliphatic heterocycles. The molecule has 0 amide bonds. The van der Waals surface area contributed by atoms with Gasteiger partial charge in [0.25, 0.3) is 5.56 Å². The molecule has 0 spiro atoms. The topological polar surface area (TPSA) is 52.7 Å². The number of alkyl halides is 1. The van der Waals surface area contributed by atoms with Crippen LogP contribution < -0.4 is 5.56 Å². The first-order chi connectivity index (χ1) is 8.54. The van der Waals surface area contributed by atoms with Crippen LogP contribution in [0.25, 0.3) is 11.0 Å². The van der Waals surface area contributed by atoms with E-state index in [0.29, 0.717) is 29.4 Å². The fraction of sp³-hybridized carbons (Fsp3) is 0.583. The van der Waals surface area contributed by atoms with E-state index in [2.05, 4.69) is 39.9 Å². The molecule has 0 aliphatic rings. The molecule has 5 nitrogen and oxygen atoms in total. The van der Waals surface area contributed by atoms with Crippen molar-refractivity contribution in [1.29, 1.82) is 0 Å². The van der Waals surface area contributed by atoms with E-state index in [1.165, 1.54) is 0 Å². The number of hydrogen-bond donors (Lipinski definition) is 0. The van der Waals surface area contributed by atoms with Gasteiger partial charge in [-0.15, -0.1) is 0 Å². The summed E-state index contributed by atoms with van der Waals surface area (Å²) in [6.07, 6.45) is 3.20. The van der Waals surface area contributed by atoms with Crippen molar-refractivity contribution in [2.75, 3.05) is 5.33 Å². The highest BCUT2D eigenvalue weighted by Crippen LogP contribution is 2.15. The van der Waals surface area contributed by atoms with E-state index in [1.807, 2.05) is 0 Å². The fourth-order valence-electron chi connectivity index (χ4n) is 1.89. The van der Waals surface area contributed by atoms with Gasteiger partial charge >= 0.3 is 0 Å². The molecule has 6 heteroatoms. The van der Waals surface area contributed by atoms with Crippen LogP contribution in [0.4, 0.5) is 0 Å². The van der Waals surface area contributed by atoms with Gasteiger partial charge in [-0.3, -0.25) is 14.0 Å². The Morgan fingerprint density at radius 1 is 1.44 bits per heavy atom. The molecule has 2 aromatic heterocycles. The summed E-state index contributed by atoms with van der Waals surface area (Å²) in [6, 6.07) is 0. The quantitative estimate of drug-likeness (QED) is 0.809. The Kier molecular flexibility index (Phi) is 3.85. The van der Waals surface area contributed by atoms with E-state index in [9.17, 15) is 4.79 Å². The zero-order valence-corrected chi connectivity index (χ0v) is 12.4.